The Morgan fingerprint density at radius 3 is 2.67 bits per heavy atom. The number of methoxy groups -OCH3 is 1. The van der Waals surface area contributed by atoms with Crippen LogP contribution in [0.25, 0.3) is 0 Å². The molecule has 0 spiro atoms. The molecule has 0 heterocycles. The van der Waals surface area contributed by atoms with Crippen LogP contribution in [0, 0.1) is 11.8 Å². The van der Waals surface area contributed by atoms with E-state index in [2.05, 4.69) is 22.9 Å². The lowest BCUT2D eigenvalue weighted by Crippen LogP contribution is -2.01. The zero-order valence-corrected chi connectivity index (χ0v) is 10.5. The molecule has 0 aliphatic heterocycles. The lowest BCUT2D eigenvalue weighted by Gasteiger charge is -2.12. The van der Waals surface area contributed by atoms with Gasteiger partial charge < -0.3 is 9.84 Å². The molecule has 2 nitrogen and oxygen atoms in total. The molecule has 3 unspecified atom stereocenters. The minimum atomic E-state index is -0.331. The molecule has 1 aromatic rings. The van der Waals surface area contributed by atoms with Crippen LogP contribution in [0.4, 0.5) is 0 Å². The monoisotopic (exact) mass is 270 g/mol. The van der Waals surface area contributed by atoms with Gasteiger partial charge in [-0.05, 0) is 51.9 Å². The van der Waals surface area contributed by atoms with E-state index in [1.807, 2.05) is 18.2 Å². The Bertz CT molecular complexity index is 365. The number of aliphatic hydroxyl groups is 1. The van der Waals surface area contributed by atoms with Crippen molar-refractivity contribution in [3.63, 3.8) is 0 Å². The van der Waals surface area contributed by atoms with Crippen LogP contribution >= 0.6 is 15.9 Å². The maximum absolute atomic E-state index is 10.1. The lowest BCUT2D eigenvalue weighted by molar-refractivity contribution is 0.148. The normalized spacial score (nSPS) is 26.1. The Morgan fingerprint density at radius 1 is 1.53 bits per heavy atom. The fraction of sp³-hybridized carbons (Fsp3) is 0.500. The number of halogens is 1. The molecule has 2 rings (SSSR count). The van der Waals surface area contributed by atoms with Crippen molar-refractivity contribution in [2.24, 2.45) is 11.8 Å². The summed E-state index contributed by atoms with van der Waals surface area (Å²) >= 11 is 3.42. The van der Waals surface area contributed by atoms with E-state index in [1.165, 1.54) is 0 Å². The van der Waals surface area contributed by atoms with E-state index in [4.69, 9.17) is 4.74 Å². The maximum atomic E-state index is 10.1. The smallest absolute Gasteiger partial charge is 0.133 e. The number of ether oxygens (including phenoxy) is 1. The molecule has 1 N–H and O–H groups in total. The first-order valence-corrected chi connectivity index (χ1v) is 5.94. The van der Waals surface area contributed by atoms with Crippen LogP contribution < -0.4 is 4.74 Å². The van der Waals surface area contributed by atoms with Gasteiger partial charge in [-0.1, -0.05) is 13.0 Å². The molecule has 1 aliphatic carbocycles. The van der Waals surface area contributed by atoms with Gasteiger partial charge in [0.05, 0.1) is 17.7 Å². The summed E-state index contributed by atoms with van der Waals surface area (Å²) in [7, 11) is 1.64. The highest BCUT2D eigenvalue weighted by molar-refractivity contribution is 9.10. The number of aliphatic hydroxyl groups excluding tert-OH is 1. The fourth-order valence-corrected chi connectivity index (χ4v) is 2.46. The third kappa shape index (κ3) is 2.18. The molecule has 0 bridgehead atoms. The summed E-state index contributed by atoms with van der Waals surface area (Å²) in [4.78, 5) is 0. The van der Waals surface area contributed by atoms with Gasteiger partial charge in [0.25, 0.3) is 0 Å². The molecule has 0 saturated heterocycles. The largest absolute Gasteiger partial charge is 0.496 e. The van der Waals surface area contributed by atoms with Crippen molar-refractivity contribution in [3.8, 4) is 5.75 Å². The van der Waals surface area contributed by atoms with Crippen LogP contribution in [-0.4, -0.2) is 12.2 Å². The summed E-state index contributed by atoms with van der Waals surface area (Å²) in [6, 6.07) is 5.75. The lowest BCUT2D eigenvalue weighted by atomic mass is 10.0. The summed E-state index contributed by atoms with van der Waals surface area (Å²) in [5.74, 6) is 1.89. The third-order valence-electron chi connectivity index (χ3n) is 3.09. The van der Waals surface area contributed by atoms with E-state index in [-0.39, 0.29) is 6.10 Å². The molecular weight excluding hydrogens is 256 g/mol. The summed E-state index contributed by atoms with van der Waals surface area (Å²) in [6.07, 6.45) is 0.798. The zero-order valence-electron chi connectivity index (χ0n) is 8.90. The molecule has 15 heavy (non-hydrogen) atoms. The molecule has 0 aromatic heterocycles. The molecule has 1 aliphatic rings. The van der Waals surface area contributed by atoms with Crippen LogP contribution in [-0.2, 0) is 0 Å². The van der Waals surface area contributed by atoms with E-state index in [9.17, 15) is 5.11 Å². The average molecular weight is 271 g/mol. The maximum Gasteiger partial charge on any atom is 0.133 e. The van der Waals surface area contributed by atoms with E-state index in [0.29, 0.717) is 11.8 Å². The highest BCUT2D eigenvalue weighted by Gasteiger charge is 2.39. The number of rotatable bonds is 3. The minimum absolute atomic E-state index is 0.331. The topological polar surface area (TPSA) is 29.5 Å². The second-order valence-corrected chi connectivity index (χ2v) is 5.07. The molecule has 82 valence electrons. The number of benzene rings is 1. The SMILES string of the molecule is COc1ccc(C(O)C2CC2C)cc1Br. The van der Waals surface area contributed by atoms with Crippen molar-refractivity contribution in [1.82, 2.24) is 0 Å². The molecular formula is C12H15BrO2. The van der Waals surface area contributed by atoms with E-state index in [0.717, 1.165) is 22.2 Å². The van der Waals surface area contributed by atoms with Crippen LogP contribution in [0.2, 0.25) is 0 Å². The van der Waals surface area contributed by atoms with Gasteiger partial charge in [0.1, 0.15) is 5.75 Å². The molecule has 0 radical (unpaired) electrons. The van der Waals surface area contributed by atoms with Gasteiger partial charge in [-0.3, -0.25) is 0 Å². The van der Waals surface area contributed by atoms with E-state index < -0.39 is 0 Å². The Kier molecular flexibility index (Phi) is 3.03. The quantitative estimate of drug-likeness (QED) is 0.915. The van der Waals surface area contributed by atoms with Gasteiger partial charge in [-0.25, -0.2) is 0 Å². The third-order valence-corrected chi connectivity index (χ3v) is 3.71. The van der Waals surface area contributed by atoms with Crippen LogP contribution in [0.15, 0.2) is 22.7 Å². The van der Waals surface area contributed by atoms with Crippen LogP contribution in [0.5, 0.6) is 5.75 Å². The molecule has 0 amide bonds. The first kappa shape index (κ1) is 11.0. The Hall–Kier alpha value is -0.540. The van der Waals surface area contributed by atoms with Crippen molar-refractivity contribution < 1.29 is 9.84 Å². The predicted molar refractivity (Wildman–Crippen MR) is 62.9 cm³/mol. The molecule has 3 heteroatoms. The Labute approximate surface area is 98.4 Å². The number of hydrogen-bond donors (Lipinski definition) is 1. The van der Waals surface area contributed by atoms with Crippen molar-refractivity contribution >= 4 is 15.9 Å². The molecule has 1 aromatic carbocycles. The second-order valence-electron chi connectivity index (χ2n) is 4.22. The van der Waals surface area contributed by atoms with Crippen LogP contribution in [0.3, 0.4) is 0 Å². The zero-order chi connectivity index (χ0) is 11.0. The summed E-state index contributed by atoms with van der Waals surface area (Å²) in [5.41, 5.74) is 0.969. The summed E-state index contributed by atoms with van der Waals surface area (Å²) < 4.78 is 6.05. The van der Waals surface area contributed by atoms with Gasteiger partial charge in [-0.2, -0.15) is 0 Å². The van der Waals surface area contributed by atoms with Gasteiger partial charge >= 0.3 is 0 Å². The average Bonchev–Trinajstić information content (AvgIpc) is 2.94. The van der Waals surface area contributed by atoms with Gasteiger partial charge in [-0.15, -0.1) is 0 Å². The molecule has 3 atom stereocenters. The first-order chi connectivity index (χ1) is 7.13. The fourth-order valence-electron chi connectivity index (χ4n) is 1.90. The molecule has 1 fully saturated rings. The number of hydrogen-bond acceptors (Lipinski definition) is 2. The van der Waals surface area contributed by atoms with Gasteiger partial charge in [0.15, 0.2) is 0 Å². The van der Waals surface area contributed by atoms with Crippen molar-refractivity contribution in [2.75, 3.05) is 7.11 Å². The molecule has 1 saturated carbocycles. The van der Waals surface area contributed by atoms with Crippen LogP contribution in [0.1, 0.15) is 25.0 Å². The van der Waals surface area contributed by atoms with Crippen molar-refractivity contribution in [1.29, 1.82) is 0 Å². The highest BCUT2D eigenvalue weighted by atomic mass is 79.9. The van der Waals surface area contributed by atoms with Gasteiger partial charge in [0.2, 0.25) is 0 Å². The van der Waals surface area contributed by atoms with E-state index >= 15 is 0 Å². The summed E-state index contributed by atoms with van der Waals surface area (Å²) in [6.45, 7) is 2.17. The standard InChI is InChI=1S/C12H15BrO2/c1-7-5-9(7)12(14)8-3-4-11(15-2)10(13)6-8/h3-4,6-7,9,12,14H,5H2,1-2H3. The van der Waals surface area contributed by atoms with Gasteiger partial charge in [0, 0.05) is 0 Å². The predicted octanol–water partition coefficient (Wildman–Crippen LogP) is 3.15. The highest BCUT2D eigenvalue weighted by Crippen LogP contribution is 2.47. The van der Waals surface area contributed by atoms with Crippen molar-refractivity contribution in [2.45, 2.75) is 19.4 Å². The first-order valence-electron chi connectivity index (χ1n) is 5.15. The second kappa shape index (κ2) is 4.14. The van der Waals surface area contributed by atoms with E-state index in [1.54, 1.807) is 7.11 Å². The van der Waals surface area contributed by atoms with Crippen molar-refractivity contribution in [3.05, 3.63) is 28.2 Å². The minimum Gasteiger partial charge on any atom is -0.496 e. The Balaban J connectivity index is 2.18. The Morgan fingerprint density at radius 2 is 2.20 bits per heavy atom. The summed E-state index contributed by atoms with van der Waals surface area (Å²) in [5, 5.41) is 10.1.